The van der Waals surface area contributed by atoms with Crippen LogP contribution in [-0.2, 0) is 4.79 Å². The van der Waals surface area contributed by atoms with Gasteiger partial charge in [0.1, 0.15) is 6.04 Å². The van der Waals surface area contributed by atoms with Gasteiger partial charge >= 0.3 is 0 Å². The first kappa shape index (κ1) is 18.2. The predicted molar refractivity (Wildman–Crippen MR) is 91.8 cm³/mol. The number of amides is 1. The Hall–Kier alpha value is -1.12. The molecule has 2 atom stereocenters. The summed E-state index contributed by atoms with van der Waals surface area (Å²) in [6.07, 6.45) is 0.999. The van der Waals surface area contributed by atoms with Crippen LogP contribution < -0.4 is 0 Å². The van der Waals surface area contributed by atoms with E-state index in [1.165, 1.54) is 0 Å². The Labute approximate surface area is 141 Å². The molecule has 0 aliphatic carbocycles. The molecule has 0 radical (unpaired) electrons. The molecule has 0 aromatic rings. The maximum Gasteiger partial charge on any atom is 0.227 e. The topological polar surface area (TPSA) is 50.6 Å². The van der Waals surface area contributed by atoms with Gasteiger partial charge in [0.15, 0.2) is 0 Å². The highest BCUT2D eigenvalue weighted by Crippen LogP contribution is 2.21. The van der Waals surface area contributed by atoms with Gasteiger partial charge in [-0.15, -0.1) is 0 Å². The number of likely N-dealkylation sites (tertiary alicyclic amines) is 1. The van der Waals surface area contributed by atoms with Gasteiger partial charge in [-0.1, -0.05) is 27.7 Å². The molecule has 0 bridgehead atoms. The third-order valence-electron chi connectivity index (χ3n) is 5.03. The van der Waals surface area contributed by atoms with E-state index in [1.54, 1.807) is 0 Å². The van der Waals surface area contributed by atoms with E-state index in [4.69, 9.17) is 0 Å². The summed E-state index contributed by atoms with van der Waals surface area (Å²) >= 11 is 0. The zero-order valence-electron chi connectivity index (χ0n) is 15.2. The molecule has 0 unspecified atom stereocenters. The second-order valence-electron chi connectivity index (χ2n) is 7.82. The van der Waals surface area contributed by atoms with E-state index in [-0.39, 0.29) is 12.0 Å². The quantitative estimate of drug-likeness (QED) is 0.773. The van der Waals surface area contributed by atoms with E-state index in [0.717, 1.165) is 52.2 Å². The van der Waals surface area contributed by atoms with Crippen molar-refractivity contribution >= 4 is 5.91 Å². The van der Waals surface area contributed by atoms with Crippen LogP contribution in [0.4, 0.5) is 0 Å². The van der Waals surface area contributed by atoms with Crippen molar-refractivity contribution in [2.24, 2.45) is 17.8 Å². The molecule has 0 saturated carbocycles. The van der Waals surface area contributed by atoms with Gasteiger partial charge in [-0.05, 0) is 24.8 Å². The lowest BCUT2D eigenvalue weighted by Crippen LogP contribution is -2.54. The lowest BCUT2D eigenvalue weighted by atomic mass is 10.0. The van der Waals surface area contributed by atoms with Crippen LogP contribution in [0.1, 0.15) is 34.1 Å². The Morgan fingerprint density at radius 2 is 1.78 bits per heavy atom. The fourth-order valence-corrected chi connectivity index (χ4v) is 3.85. The molecule has 2 saturated heterocycles. The van der Waals surface area contributed by atoms with Crippen molar-refractivity contribution < 1.29 is 4.79 Å². The van der Waals surface area contributed by atoms with E-state index in [0.29, 0.717) is 17.7 Å². The molecule has 2 aliphatic rings. The Kier molecular flexibility index (Phi) is 6.43. The molecule has 5 nitrogen and oxygen atoms in total. The van der Waals surface area contributed by atoms with E-state index >= 15 is 0 Å². The van der Waals surface area contributed by atoms with Crippen molar-refractivity contribution in [2.45, 2.75) is 40.2 Å². The average molecular weight is 320 g/mol. The lowest BCUT2D eigenvalue weighted by Gasteiger charge is -2.39. The van der Waals surface area contributed by atoms with Crippen LogP contribution in [-0.4, -0.2) is 72.5 Å². The molecule has 2 heterocycles. The molecule has 5 heteroatoms. The third kappa shape index (κ3) is 4.68. The summed E-state index contributed by atoms with van der Waals surface area (Å²) in [5.41, 5.74) is 0. The summed E-state index contributed by atoms with van der Waals surface area (Å²) in [7, 11) is 0. The normalized spacial score (nSPS) is 25.1. The highest BCUT2D eigenvalue weighted by molar-refractivity contribution is 5.79. The SMILES string of the molecule is CC(C)CN1CC[C@H](C(=O)N2CCN([C@@H](C#N)C(C)C)CC2)C1. The minimum atomic E-state index is -0.0275. The van der Waals surface area contributed by atoms with Crippen LogP contribution >= 0.6 is 0 Å². The van der Waals surface area contributed by atoms with Gasteiger partial charge in [-0.2, -0.15) is 5.26 Å². The molecular weight excluding hydrogens is 288 g/mol. The van der Waals surface area contributed by atoms with Crippen molar-refractivity contribution in [3.05, 3.63) is 0 Å². The molecule has 23 heavy (non-hydrogen) atoms. The highest BCUT2D eigenvalue weighted by atomic mass is 16.2. The summed E-state index contributed by atoms with van der Waals surface area (Å²) < 4.78 is 0. The standard InChI is InChI=1S/C18H32N4O/c1-14(2)12-20-6-5-16(13-20)18(23)22-9-7-21(8-10-22)17(11-19)15(3)4/h14-17H,5-10,12-13H2,1-4H3/t16-,17-/m0/s1. The Morgan fingerprint density at radius 1 is 1.13 bits per heavy atom. The Bertz CT molecular complexity index is 435. The van der Waals surface area contributed by atoms with E-state index < -0.39 is 0 Å². The number of rotatable bonds is 5. The molecule has 0 aromatic heterocycles. The van der Waals surface area contributed by atoms with E-state index in [9.17, 15) is 10.1 Å². The minimum absolute atomic E-state index is 0.0275. The van der Waals surface area contributed by atoms with Gasteiger partial charge in [0.2, 0.25) is 5.91 Å². The zero-order valence-corrected chi connectivity index (χ0v) is 15.2. The van der Waals surface area contributed by atoms with Crippen molar-refractivity contribution in [2.75, 3.05) is 45.8 Å². The van der Waals surface area contributed by atoms with Crippen LogP contribution in [0, 0.1) is 29.1 Å². The fraction of sp³-hybridized carbons (Fsp3) is 0.889. The second-order valence-corrected chi connectivity index (χ2v) is 7.82. The van der Waals surface area contributed by atoms with Gasteiger partial charge in [-0.25, -0.2) is 0 Å². The van der Waals surface area contributed by atoms with Crippen LogP contribution in [0.15, 0.2) is 0 Å². The molecule has 2 rings (SSSR count). The number of hydrogen-bond acceptors (Lipinski definition) is 4. The van der Waals surface area contributed by atoms with Crippen LogP contribution in [0.2, 0.25) is 0 Å². The van der Waals surface area contributed by atoms with Gasteiger partial charge in [0.05, 0.1) is 12.0 Å². The van der Waals surface area contributed by atoms with Gasteiger partial charge in [0, 0.05) is 39.3 Å². The Morgan fingerprint density at radius 3 is 2.30 bits per heavy atom. The first-order valence-electron chi connectivity index (χ1n) is 9.07. The zero-order chi connectivity index (χ0) is 17.0. The summed E-state index contributed by atoms with van der Waals surface area (Å²) in [4.78, 5) is 19.4. The number of nitrogens with zero attached hydrogens (tertiary/aromatic N) is 4. The molecule has 0 spiro atoms. The maximum atomic E-state index is 12.7. The molecule has 0 aromatic carbocycles. The average Bonchev–Trinajstić information content (AvgIpc) is 2.95. The minimum Gasteiger partial charge on any atom is -0.340 e. The number of carbonyl (C=O) groups is 1. The fourth-order valence-electron chi connectivity index (χ4n) is 3.85. The highest BCUT2D eigenvalue weighted by Gasteiger charge is 2.34. The van der Waals surface area contributed by atoms with Crippen molar-refractivity contribution in [1.82, 2.24) is 14.7 Å². The van der Waals surface area contributed by atoms with Gasteiger partial charge in [0.25, 0.3) is 0 Å². The van der Waals surface area contributed by atoms with Crippen molar-refractivity contribution in [3.8, 4) is 6.07 Å². The Balaban J connectivity index is 1.81. The molecule has 0 N–H and O–H groups in total. The third-order valence-corrected chi connectivity index (χ3v) is 5.03. The first-order chi connectivity index (χ1) is 10.9. The number of piperazine rings is 1. The first-order valence-corrected chi connectivity index (χ1v) is 9.07. The summed E-state index contributed by atoms with van der Waals surface area (Å²) in [5.74, 6) is 1.50. The summed E-state index contributed by atoms with van der Waals surface area (Å²) in [6, 6.07) is 2.38. The number of carbonyl (C=O) groups excluding carboxylic acids is 1. The smallest absolute Gasteiger partial charge is 0.227 e. The van der Waals surface area contributed by atoms with Crippen molar-refractivity contribution in [1.29, 1.82) is 5.26 Å². The second kappa shape index (κ2) is 8.12. The molecule has 1 amide bonds. The molecular formula is C18H32N4O. The number of hydrogen-bond donors (Lipinski definition) is 0. The van der Waals surface area contributed by atoms with Crippen LogP contribution in [0.25, 0.3) is 0 Å². The lowest BCUT2D eigenvalue weighted by molar-refractivity contribution is -0.137. The van der Waals surface area contributed by atoms with Crippen molar-refractivity contribution in [3.63, 3.8) is 0 Å². The molecule has 2 fully saturated rings. The largest absolute Gasteiger partial charge is 0.340 e. The van der Waals surface area contributed by atoms with Crippen LogP contribution in [0.3, 0.4) is 0 Å². The molecule has 130 valence electrons. The van der Waals surface area contributed by atoms with Gasteiger partial charge in [-0.3, -0.25) is 9.69 Å². The summed E-state index contributed by atoms with van der Waals surface area (Å²) in [6.45, 7) is 14.9. The number of nitriles is 1. The maximum absolute atomic E-state index is 12.7. The predicted octanol–water partition coefficient (Wildman–Crippen LogP) is 1.66. The van der Waals surface area contributed by atoms with Crippen LogP contribution in [0.5, 0.6) is 0 Å². The van der Waals surface area contributed by atoms with E-state index in [2.05, 4.69) is 43.6 Å². The van der Waals surface area contributed by atoms with E-state index in [1.807, 2.05) is 4.90 Å². The monoisotopic (exact) mass is 320 g/mol. The molecule has 2 aliphatic heterocycles. The van der Waals surface area contributed by atoms with Gasteiger partial charge < -0.3 is 9.80 Å². The summed E-state index contributed by atoms with van der Waals surface area (Å²) in [5, 5.41) is 9.32.